The van der Waals surface area contributed by atoms with E-state index in [2.05, 4.69) is 55.6 Å². The maximum absolute atomic E-state index is 13.4. The molecule has 0 aromatic rings. The first-order valence-corrected chi connectivity index (χ1v) is 35.2. The molecule has 516 valence electrons. The second-order valence-electron chi connectivity index (χ2n) is 25.3. The Balaban J connectivity index is 1.42. The second-order valence-corrected chi connectivity index (χ2v) is 25.3. The molecule has 0 aromatic carbocycles. The van der Waals surface area contributed by atoms with Crippen LogP contribution in [0.4, 0.5) is 0 Å². The first-order chi connectivity index (χ1) is 42.8. The standard InChI is InChI=1S/C69H127NO18/c1-3-5-7-9-11-13-15-17-19-21-22-23-24-25-26-27-28-29-31-32-34-36-38-40-42-44-46-53(74)52(70-57(75)47-45-43-41-39-37-35-33-30-20-18-16-14-12-10-8-6-4-2)51-83-67-63(81)60(78)65(55(49-72)85-67)88-69-64(82)61(79)66(56(50-73)86-69)87-68-62(80)59(77)58(76)54(48-71)84-68/h6,8,12,14,18,20,52-56,58-69,71-74,76-82H,3-5,7,9-11,13,15-17,19,21-51H2,1-2H3,(H,70,75)/b8-6-,14-12-,20-18-. The number of aliphatic hydroxyl groups excluding tert-OH is 11. The van der Waals surface area contributed by atoms with Gasteiger partial charge in [0.15, 0.2) is 18.9 Å². The summed E-state index contributed by atoms with van der Waals surface area (Å²) in [5.74, 6) is -0.251. The quantitative estimate of drug-likeness (QED) is 0.0199. The number of allylic oxidation sites excluding steroid dienone is 6. The fourth-order valence-electron chi connectivity index (χ4n) is 12.0. The van der Waals surface area contributed by atoms with Gasteiger partial charge in [0.1, 0.15) is 73.2 Å². The highest BCUT2D eigenvalue weighted by Gasteiger charge is 2.53. The van der Waals surface area contributed by atoms with Crippen LogP contribution in [0.2, 0.25) is 0 Å². The Morgan fingerprint density at radius 1 is 0.420 bits per heavy atom. The van der Waals surface area contributed by atoms with E-state index in [-0.39, 0.29) is 18.9 Å². The van der Waals surface area contributed by atoms with Crippen LogP contribution in [0, 0.1) is 0 Å². The van der Waals surface area contributed by atoms with Gasteiger partial charge in [0.05, 0.1) is 38.6 Å². The van der Waals surface area contributed by atoms with Crippen molar-refractivity contribution < 1.29 is 89.4 Å². The molecular formula is C69H127NO18. The maximum atomic E-state index is 13.4. The largest absolute Gasteiger partial charge is 0.394 e. The maximum Gasteiger partial charge on any atom is 0.220 e. The molecule has 17 unspecified atom stereocenters. The van der Waals surface area contributed by atoms with Gasteiger partial charge in [0.25, 0.3) is 0 Å². The highest BCUT2D eigenvalue weighted by atomic mass is 16.8. The third kappa shape index (κ3) is 33.2. The van der Waals surface area contributed by atoms with Crippen LogP contribution in [0.1, 0.15) is 264 Å². The van der Waals surface area contributed by atoms with E-state index in [1.165, 1.54) is 141 Å². The van der Waals surface area contributed by atoms with Crippen LogP contribution in [0.3, 0.4) is 0 Å². The van der Waals surface area contributed by atoms with E-state index in [0.29, 0.717) is 12.8 Å². The minimum absolute atomic E-state index is 0.251. The molecule has 88 heavy (non-hydrogen) atoms. The number of amides is 1. The van der Waals surface area contributed by atoms with Crippen molar-refractivity contribution in [1.82, 2.24) is 5.32 Å². The molecule has 0 aromatic heterocycles. The normalized spacial score (nSPS) is 28.6. The average Bonchev–Trinajstić information content (AvgIpc) is 3.72. The summed E-state index contributed by atoms with van der Waals surface area (Å²) in [4.78, 5) is 13.4. The molecule has 3 aliphatic rings. The van der Waals surface area contributed by atoms with E-state index in [1.54, 1.807) is 0 Å². The smallest absolute Gasteiger partial charge is 0.220 e. The molecule has 3 saturated heterocycles. The van der Waals surface area contributed by atoms with Gasteiger partial charge in [-0.25, -0.2) is 0 Å². The van der Waals surface area contributed by atoms with E-state index in [0.717, 1.165) is 89.9 Å². The molecule has 3 rings (SSSR count). The Bertz CT molecular complexity index is 1740. The number of hydrogen-bond donors (Lipinski definition) is 12. The highest BCUT2D eigenvalue weighted by Crippen LogP contribution is 2.33. The zero-order chi connectivity index (χ0) is 64.0. The van der Waals surface area contributed by atoms with Gasteiger partial charge in [-0.3, -0.25) is 4.79 Å². The van der Waals surface area contributed by atoms with Crippen molar-refractivity contribution in [2.45, 2.75) is 369 Å². The Kier molecular flexibility index (Phi) is 46.9. The fraction of sp³-hybridized carbons (Fsp3) is 0.899. The fourth-order valence-corrected chi connectivity index (χ4v) is 12.0. The molecule has 19 nitrogen and oxygen atoms in total. The molecule has 0 spiro atoms. The molecule has 0 saturated carbocycles. The first-order valence-electron chi connectivity index (χ1n) is 35.2. The van der Waals surface area contributed by atoms with Crippen molar-refractivity contribution in [1.29, 1.82) is 0 Å². The van der Waals surface area contributed by atoms with Crippen LogP contribution in [0.15, 0.2) is 36.5 Å². The topological polar surface area (TPSA) is 307 Å². The summed E-state index contributed by atoms with van der Waals surface area (Å²) in [5.41, 5.74) is 0. The number of aliphatic hydroxyl groups is 11. The van der Waals surface area contributed by atoms with E-state index < -0.39 is 124 Å². The van der Waals surface area contributed by atoms with E-state index in [1.807, 2.05) is 0 Å². The summed E-state index contributed by atoms with van der Waals surface area (Å²) in [5, 5.41) is 121. The lowest BCUT2D eigenvalue weighted by Crippen LogP contribution is -2.66. The van der Waals surface area contributed by atoms with Crippen molar-refractivity contribution in [2.75, 3.05) is 26.4 Å². The van der Waals surface area contributed by atoms with Crippen molar-refractivity contribution in [3.05, 3.63) is 36.5 Å². The van der Waals surface area contributed by atoms with Gasteiger partial charge in [0, 0.05) is 6.42 Å². The molecule has 3 aliphatic heterocycles. The number of hydrogen-bond acceptors (Lipinski definition) is 18. The summed E-state index contributed by atoms with van der Waals surface area (Å²) >= 11 is 0. The summed E-state index contributed by atoms with van der Waals surface area (Å²) in [6.07, 6.45) is 32.3. The molecule has 0 bridgehead atoms. The average molecular weight is 1260 g/mol. The van der Waals surface area contributed by atoms with Gasteiger partial charge < -0.3 is 89.9 Å². The zero-order valence-corrected chi connectivity index (χ0v) is 54.5. The monoisotopic (exact) mass is 1260 g/mol. The predicted octanol–water partition coefficient (Wildman–Crippen LogP) is 9.22. The van der Waals surface area contributed by atoms with Crippen molar-refractivity contribution >= 4 is 5.91 Å². The van der Waals surface area contributed by atoms with E-state index in [4.69, 9.17) is 28.4 Å². The van der Waals surface area contributed by atoms with Crippen LogP contribution in [0.25, 0.3) is 0 Å². The van der Waals surface area contributed by atoms with E-state index in [9.17, 15) is 61.0 Å². The van der Waals surface area contributed by atoms with Gasteiger partial charge in [-0.15, -0.1) is 0 Å². The number of nitrogens with one attached hydrogen (secondary N) is 1. The lowest BCUT2D eigenvalue weighted by Gasteiger charge is -2.48. The van der Waals surface area contributed by atoms with Crippen LogP contribution in [-0.2, 0) is 33.2 Å². The summed E-state index contributed by atoms with van der Waals surface area (Å²) in [6.45, 7) is 1.70. The number of carbonyl (C=O) groups is 1. The van der Waals surface area contributed by atoms with E-state index >= 15 is 0 Å². The molecule has 0 aliphatic carbocycles. The number of ether oxygens (including phenoxy) is 6. The molecule has 3 heterocycles. The highest BCUT2D eigenvalue weighted by molar-refractivity contribution is 5.76. The Morgan fingerprint density at radius 2 is 0.784 bits per heavy atom. The molecular weight excluding hydrogens is 1130 g/mol. The number of rotatable bonds is 54. The van der Waals surface area contributed by atoms with Crippen molar-refractivity contribution in [2.24, 2.45) is 0 Å². The lowest BCUT2D eigenvalue weighted by atomic mass is 9.96. The van der Waals surface area contributed by atoms with Gasteiger partial charge >= 0.3 is 0 Å². The van der Waals surface area contributed by atoms with Crippen LogP contribution in [0.5, 0.6) is 0 Å². The van der Waals surface area contributed by atoms with Crippen LogP contribution in [-0.4, -0.2) is 193 Å². The molecule has 3 fully saturated rings. The molecule has 12 N–H and O–H groups in total. The molecule has 19 heteroatoms. The van der Waals surface area contributed by atoms with Crippen molar-refractivity contribution in [3.63, 3.8) is 0 Å². The van der Waals surface area contributed by atoms with Crippen molar-refractivity contribution in [3.8, 4) is 0 Å². The third-order valence-electron chi connectivity index (χ3n) is 17.7. The lowest BCUT2D eigenvalue weighted by molar-refractivity contribution is -0.379. The minimum atomic E-state index is -1.97. The third-order valence-corrected chi connectivity index (χ3v) is 17.7. The van der Waals surface area contributed by atoms with Gasteiger partial charge in [-0.2, -0.15) is 0 Å². The summed E-state index contributed by atoms with van der Waals surface area (Å²) in [6, 6.07) is -0.893. The van der Waals surface area contributed by atoms with Crippen LogP contribution >= 0.6 is 0 Å². The Hall–Kier alpha value is -1.99. The Labute approximate surface area is 530 Å². The van der Waals surface area contributed by atoms with Gasteiger partial charge in [0.2, 0.25) is 5.91 Å². The summed E-state index contributed by atoms with van der Waals surface area (Å²) in [7, 11) is 0. The number of carbonyl (C=O) groups excluding carboxylic acids is 1. The molecule has 1 amide bonds. The van der Waals surface area contributed by atoms with Crippen LogP contribution < -0.4 is 5.32 Å². The SMILES string of the molecule is CC/C=C\C/C=C\C/C=C\CCCCCCCCCC(=O)NC(COC1OC(CO)C(OC2OC(CO)C(OC3OC(CO)C(O)C(O)C3O)C(O)C2O)C(O)C1O)C(O)CCCCCCCCCCCCCCCCCCCCCCCCCCCC. The second kappa shape index (κ2) is 51.4. The Morgan fingerprint density at radius 3 is 1.23 bits per heavy atom. The first kappa shape index (κ1) is 80.2. The molecule has 17 atom stereocenters. The predicted molar refractivity (Wildman–Crippen MR) is 342 cm³/mol. The molecule has 0 radical (unpaired) electrons. The number of unbranched alkanes of at least 4 members (excludes halogenated alkanes) is 32. The zero-order valence-electron chi connectivity index (χ0n) is 54.5. The summed E-state index contributed by atoms with van der Waals surface area (Å²) < 4.78 is 34.4. The minimum Gasteiger partial charge on any atom is -0.394 e. The van der Waals surface area contributed by atoms with Gasteiger partial charge in [-0.1, -0.05) is 249 Å². The van der Waals surface area contributed by atoms with Gasteiger partial charge in [-0.05, 0) is 44.9 Å².